The second-order valence-corrected chi connectivity index (χ2v) is 3.91. The number of allylic oxidation sites excluding steroid dienone is 2. The van der Waals surface area contributed by atoms with E-state index in [0.717, 1.165) is 0 Å². The molecule has 0 heteroatoms. The van der Waals surface area contributed by atoms with Crippen molar-refractivity contribution in [3.8, 4) is 0 Å². The second-order valence-electron chi connectivity index (χ2n) is 3.91. The first kappa shape index (κ1) is 9.57. The van der Waals surface area contributed by atoms with Crippen LogP contribution in [-0.4, -0.2) is 0 Å². The van der Waals surface area contributed by atoms with Crippen LogP contribution in [0, 0.1) is 5.41 Å². The molecule has 0 aromatic carbocycles. The molecule has 1 aliphatic carbocycles. The van der Waals surface area contributed by atoms with Crippen LogP contribution < -0.4 is 0 Å². The molecule has 0 nitrogen and oxygen atoms in total. The topological polar surface area (TPSA) is 0 Å². The van der Waals surface area contributed by atoms with Crippen LogP contribution in [0.25, 0.3) is 0 Å². The van der Waals surface area contributed by atoms with E-state index >= 15 is 0 Å². The summed E-state index contributed by atoms with van der Waals surface area (Å²) in [6.07, 6.45) is 13.6. The minimum absolute atomic E-state index is 0.264. The molecule has 1 aliphatic rings. The summed E-state index contributed by atoms with van der Waals surface area (Å²) in [5.41, 5.74) is 0.264. The average molecular weight is 164 g/mol. The standard InChI is InChI=1S/C12H20/c1-3-12(4-2)10-8-6-5-7-9-11-12/h3-4H,1-2,5-11H2. The fourth-order valence-electron chi connectivity index (χ4n) is 2.06. The molecule has 0 unspecified atom stereocenters. The summed E-state index contributed by atoms with van der Waals surface area (Å²) in [6, 6.07) is 0. The molecule has 12 heavy (non-hydrogen) atoms. The van der Waals surface area contributed by atoms with E-state index in [0.29, 0.717) is 0 Å². The Bertz CT molecular complexity index is 137. The summed E-state index contributed by atoms with van der Waals surface area (Å²) in [5, 5.41) is 0. The highest BCUT2D eigenvalue weighted by molar-refractivity contribution is 5.06. The number of hydrogen-bond acceptors (Lipinski definition) is 0. The molecule has 0 aliphatic heterocycles. The summed E-state index contributed by atoms with van der Waals surface area (Å²) in [6.45, 7) is 7.86. The highest BCUT2D eigenvalue weighted by atomic mass is 14.3. The van der Waals surface area contributed by atoms with E-state index in [2.05, 4.69) is 25.3 Å². The van der Waals surface area contributed by atoms with Crippen LogP contribution in [0.1, 0.15) is 44.9 Å². The molecule has 0 saturated heterocycles. The van der Waals surface area contributed by atoms with Crippen molar-refractivity contribution < 1.29 is 0 Å². The summed E-state index contributed by atoms with van der Waals surface area (Å²) >= 11 is 0. The van der Waals surface area contributed by atoms with Crippen molar-refractivity contribution in [3.05, 3.63) is 25.3 Å². The van der Waals surface area contributed by atoms with E-state index < -0.39 is 0 Å². The maximum absolute atomic E-state index is 3.93. The summed E-state index contributed by atoms with van der Waals surface area (Å²) in [5.74, 6) is 0. The third-order valence-corrected chi connectivity index (χ3v) is 3.10. The molecular weight excluding hydrogens is 144 g/mol. The maximum atomic E-state index is 3.93. The highest BCUT2D eigenvalue weighted by Gasteiger charge is 2.22. The Morgan fingerprint density at radius 2 is 1.17 bits per heavy atom. The van der Waals surface area contributed by atoms with Crippen molar-refractivity contribution in [2.45, 2.75) is 44.9 Å². The van der Waals surface area contributed by atoms with Gasteiger partial charge in [0.25, 0.3) is 0 Å². The van der Waals surface area contributed by atoms with Crippen molar-refractivity contribution in [1.82, 2.24) is 0 Å². The summed E-state index contributed by atoms with van der Waals surface area (Å²) < 4.78 is 0. The Hall–Kier alpha value is -0.520. The van der Waals surface area contributed by atoms with Crippen LogP contribution in [0.4, 0.5) is 0 Å². The van der Waals surface area contributed by atoms with Crippen LogP contribution >= 0.6 is 0 Å². The molecule has 0 amide bonds. The minimum Gasteiger partial charge on any atom is -0.102 e. The second kappa shape index (κ2) is 4.49. The van der Waals surface area contributed by atoms with Crippen molar-refractivity contribution in [1.29, 1.82) is 0 Å². The molecule has 0 N–H and O–H groups in total. The van der Waals surface area contributed by atoms with E-state index in [9.17, 15) is 0 Å². The zero-order valence-corrected chi connectivity index (χ0v) is 8.02. The lowest BCUT2D eigenvalue weighted by Gasteiger charge is -2.28. The third-order valence-electron chi connectivity index (χ3n) is 3.10. The maximum Gasteiger partial charge on any atom is 0.00556 e. The van der Waals surface area contributed by atoms with E-state index in [1.165, 1.54) is 44.9 Å². The van der Waals surface area contributed by atoms with Gasteiger partial charge in [-0.15, -0.1) is 13.2 Å². The van der Waals surface area contributed by atoms with Gasteiger partial charge in [-0.2, -0.15) is 0 Å². The van der Waals surface area contributed by atoms with Crippen molar-refractivity contribution >= 4 is 0 Å². The first-order chi connectivity index (χ1) is 5.83. The summed E-state index contributed by atoms with van der Waals surface area (Å²) in [7, 11) is 0. The van der Waals surface area contributed by atoms with Crippen molar-refractivity contribution in [2.24, 2.45) is 5.41 Å². The molecule has 0 radical (unpaired) electrons. The molecule has 0 atom stereocenters. The predicted molar refractivity (Wildman–Crippen MR) is 55.1 cm³/mol. The van der Waals surface area contributed by atoms with Crippen LogP contribution in [0.3, 0.4) is 0 Å². The van der Waals surface area contributed by atoms with Gasteiger partial charge in [0.2, 0.25) is 0 Å². The lowest BCUT2D eigenvalue weighted by Crippen LogP contribution is -2.15. The van der Waals surface area contributed by atoms with Gasteiger partial charge in [-0.25, -0.2) is 0 Å². The molecule has 1 saturated carbocycles. The van der Waals surface area contributed by atoms with Gasteiger partial charge in [0.05, 0.1) is 0 Å². The quantitative estimate of drug-likeness (QED) is 0.539. The number of hydrogen-bond donors (Lipinski definition) is 0. The van der Waals surface area contributed by atoms with Crippen LogP contribution in [0.15, 0.2) is 25.3 Å². The van der Waals surface area contributed by atoms with Crippen LogP contribution in [-0.2, 0) is 0 Å². The molecule has 0 heterocycles. The van der Waals surface area contributed by atoms with E-state index in [-0.39, 0.29) is 5.41 Å². The Morgan fingerprint density at radius 3 is 1.58 bits per heavy atom. The normalized spacial score (nSPS) is 23.7. The van der Waals surface area contributed by atoms with Gasteiger partial charge in [0.1, 0.15) is 0 Å². The molecule has 0 aromatic rings. The summed E-state index contributed by atoms with van der Waals surface area (Å²) in [4.78, 5) is 0. The first-order valence-corrected chi connectivity index (χ1v) is 5.10. The van der Waals surface area contributed by atoms with Gasteiger partial charge in [-0.3, -0.25) is 0 Å². The van der Waals surface area contributed by atoms with E-state index in [1.807, 2.05) is 0 Å². The van der Waals surface area contributed by atoms with Crippen LogP contribution in [0.2, 0.25) is 0 Å². The third kappa shape index (κ3) is 2.23. The van der Waals surface area contributed by atoms with Crippen LogP contribution in [0.5, 0.6) is 0 Å². The largest absolute Gasteiger partial charge is 0.102 e. The molecule has 1 fully saturated rings. The van der Waals surface area contributed by atoms with Gasteiger partial charge in [-0.1, -0.05) is 44.3 Å². The molecule has 68 valence electrons. The molecule has 0 spiro atoms. The van der Waals surface area contributed by atoms with E-state index in [4.69, 9.17) is 0 Å². The van der Waals surface area contributed by atoms with Gasteiger partial charge >= 0.3 is 0 Å². The zero-order chi connectivity index (χ0) is 8.86. The van der Waals surface area contributed by atoms with Gasteiger partial charge < -0.3 is 0 Å². The lowest BCUT2D eigenvalue weighted by atomic mass is 9.76. The Morgan fingerprint density at radius 1 is 0.750 bits per heavy atom. The fraction of sp³-hybridized carbons (Fsp3) is 0.667. The van der Waals surface area contributed by atoms with E-state index in [1.54, 1.807) is 0 Å². The Kier molecular flexibility index (Phi) is 3.58. The highest BCUT2D eigenvalue weighted by Crippen LogP contribution is 2.35. The molecular formula is C12H20. The Balaban J connectivity index is 2.57. The molecule has 0 bridgehead atoms. The minimum atomic E-state index is 0.264. The monoisotopic (exact) mass is 164 g/mol. The fourth-order valence-corrected chi connectivity index (χ4v) is 2.06. The van der Waals surface area contributed by atoms with Crippen molar-refractivity contribution in [2.75, 3.05) is 0 Å². The SMILES string of the molecule is C=CC1(C=C)CCCCCCC1. The van der Waals surface area contributed by atoms with Gasteiger partial charge in [0.15, 0.2) is 0 Å². The molecule has 0 aromatic heterocycles. The number of rotatable bonds is 2. The lowest BCUT2D eigenvalue weighted by molar-refractivity contribution is 0.349. The van der Waals surface area contributed by atoms with Crippen molar-refractivity contribution in [3.63, 3.8) is 0 Å². The Labute approximate surface area is 76.4 Å². The van der Waals surface area contributed by atoms with Gasteiger partial charge in [0, 0.05) is 5.41 Å². The molecule has 1 rings (SSSR count). The zero-order valence-electron chi connectivity index (χ0n) is 8.02. The first-order valence-electron chi connectivity index (χ1n) is 5.10. The predicted octanol–water partition coefficient (Wildman–Crippen LogP) is 4.09. The average Bonchev–Trinajstić information content (AvgIpc) is 2.06. The smallest absolute Gasteiger partial charge is 0.00556 e. The van der Waals surface area contributed by atoms with Gasteiger partial charge in [-0.05, 0) is 12.8 Å².